The molecule has 0 radical (unpaired) electrons. The number of hydrogen-bond donors (Lipinski definition) is 1. The predicted octanol–water partition coefficient (Wildman–Crippen LogP) is 1.32. The summed E-state index contributed by atoms with van der Waals surface area (Å²) in [6.45, 7) is 2.96. The third-order valence-corrected chi connectivity index (χ3v) is 4.72. The van der Waals surface area contributed by atoms with Crippen molar-refractivity contribution in [3.05, 3.63) is 29.8 Å². The second-order valence-electron chi connectivity index (χ2n) is 4.76. The van der Waals surface area contributed by atoms with E-state index in [4.69, 9.17) is 9.47 Å². The summed E-state index contributed by atoms with van der Waals surface area (Å²) >= 11 is 0. The zero-order valence-electron chi connectivity index (χ0n) is 11.9. The minimum Gasteiger partial charge on any atom is -0.459 e. The smallest absolute Gasteiger partial charge is 0.338 e. The van der Waals surface area contributed by atoms with Gasteiger partial charge in [0.25, 0.3) is 0 Å². The number of rotatable bonds is 6. The highest BCUT2D eigenvalue weighted by atomic mass is 32.2. The molecule has 0 bridgehead atoms. The Hall–Kier alpha value is -1.44. The van der Waals surface area contributed by atoms with Gasteiger partial charge in [0.15, 0.2) is 0 Å². The van der Waals surface area contributed by atoms with Gasteiger partial charge in [0.2, 0.25) is 10.0 Å². The lowest BCUT2D eigenvalue weighted by Gasteiger charge is -2.10. The zero-order valence-corrected chi connectivity index (χ0v) is 12.7. The molecule has 6 nitrogen and oxygen atoms in total. The van der Waals surface area contributed by atoms with Crippen LogP contribution in [0.5, 0.6) is 0 Å². The van der Waals surface area contributed by atoms with Gasteiger partial charge < -0.3 is 9.47 Å². The molecule has 1 saturated heterocycles. The first-order valence-electron chi connectivity index (χ1n) is 6.91. The van der Waals surface area contributed by atoms with Crippen molar-refractivity contribution in [2.45, 2.75) is 30.8 Å². The molecular weight excluding hydrogens is 294 g/mol. The van der Waals surface area contributed by atoms with Gasteiger partial charge in [0.05, 0.1) is 16.6 Å². The summed E-state index contributed by atoms with van der Waals surface area (Å²) in [4.78, 5) is 12.0. The molecule has 1 N–H and O–H groups in total. The van der Waals surface area contributed by atoms with Crippen LogP contribution in [0.1, 0.15) is 30.1 Å². The van der Waals surface area contributed by atoms with Gasteiger partial charge in [-0.15, -0.1) is 0 Å². The van der Waals surface area contributed by atoms with Crippen molar-refractivity contribution >= 4 is 16.0 Å². The molecule has 21 heavy (non-hydrogen) atoms. The number of sulfonamides is 1. The molecule has 1 aromatic carbocycles. The first kappa shape index (κ1) is 15.9. The highest BCUT2D eigenvalue weighted by Gasteiger charge is 2.19. The molecule has 7 heteroatoms. The Balaban J connectivity index is 1.96. The second-order valence-corrected chi connectivity index (χ2v) is 6.53. The van der Waals surface area contributed by atoms with Crippen molar-refractivity contribution in [2.75, 3.05) is 19.8 Å². The SMILES string of the molecule is CCNS(=O)(=O)c1ccc(C(=O)OCC2CCCO2)cc1. The number of esters is 1. The zero-order chi connectivity index (χ0) is 15.3. The fourth-order valence-corrected chi connectivity index (χ4v) is 3.11. The van der Waals surface area contributed by atoms with Gasteiger partial charge in [-0.25, -0.2) is 17.9 Å². The van der Waals surface area contributed by atoms with Gasteiger partial charge in [-0.05, 0) is 37.1 Å². The predicted molar refractivity (Wildman–Crippen MR) is 76.6 cm³/mol. The number of hydrogen-bond acceptors (Lipinski definition) is 5. The number of carbonyl (C=O) groups is 1. The van der Waals surface area contributed by atoms with Crippen molar-refractivity contribution in [3.63, 3.8) is 0 Å². The molecule has 0 spiro atoms. The van der Waals surface area contributed by atoms with Crippen LogP contribution in [0.4, 0.5) is 0 Å². The third kappa shape index (κ3) is 4.26. The molecule has 1 aromatic rings. The van der Waals surface area contributed by atoms with Crippen LogP contribution in [-0.4, -0.2) is 40.2 Å². The molecule has 0 amide bonds. The molecular formula is C14H19NO5S. The van der Waals surface area contributed by atoms with Crippen molar-refractivity contribution in [3.8, 4) is 0 Å². The van der Waals surface area contributed by atoms with Crippen LogP contribution < -0.4 is 4.72 Å². The van der Waals surface area contributed by atoms with Gasteiger partial charge in [-0.2, -0.15) is 0 Å². The summed E-state index contributed by atoms with van der Waals surface area (Å²) in [6.07, 6.45) is 1.86. The van der Waals surface area contributed by atoms with E-state index >= 15 is 0 Å². The molecule has 1 aliphatic rings. The Morgan fingerprint density at radius 2 is 2.10 bits per heavy atom. The number of ether oxygens (including phenoxy) is 2. The van der Waals surface area contributed by atoms with Crippen molar-refractivity contribution in [1.82, 2.24) is 4.72 Å². The van der Waals surface area contributed by atoms with Crippen molar-refractivity contribution in [2.24, 2.45) is 0 Å². The minimum atomic E-state index is -3.50. The van der Waals surface area contributed by atoms with Crippen molar-refractivity contribution < 1.29 is 22.7 Å². The summed E-state index contributed by atoms with van der Waals surface area (Å²) in [5.41, 5.74) is 0.323. The Morgan fingerprint density at radius 3 is 2.67 bits per heavy atom. The van der Waals surface area contributed by atoms with Crippen molar-refractivity contribution in [1.29, 1.82) is 0 Å². The van der Waals surface area contributed by atoms with Gasteiger partial charge in [0.1, 0.15) is 6.61 Å². The normalized spacial score (nSPS) is 18.6. The van der Waals surface area contributed by atoms with E-state index in [-0.39, 0.29) is 17.6 Å². The van der Waals surface area contributed by atoms with Crippen LogP contribution in [0.25, 0.3) is 0 Å². The molecule has 1 atom stereocenters. The van der Waals surface area contributed by atoms with E-state index in [0.717, 1.165) is 12.8 Å². The lowest BCUT2D eigenvalue weighted by Crippen LogP contribution is -2.23. The Bertz CT molecular complexity index is 576. The quantitative estimate of drug-likeness (QED) is 0.801. The molecule has 0 aromatic heterocycles. The summed E-state index contributed by atoms with van der Waals surface area (Å²) < 4.78 is 36.4. The van der Waals surface area contributed by atoms with Crippen LogP contribution in [0.2, 0.25) is 0 Å². The minimum absolute atomic E-state index is 0.0256. The average Bonchev–Trinajstić information content (AvgIpc) is 2.98. The fraction of sp³-hybridized carbons (Fsp3) is 0.500. The molecule has 116 valence electrons. The largest absolute Gasteiger partial charge is 0.459 e. The fourth-order valence-electron chi connectivity index (χ4n) is 2.07. The summed E-state index contributed by atoms with van der Waals surface area (Å²) in [6, 6.07) is 5.67. The number of carbonyl (C=O) groups excluding carboxylic acids is 1. The van der Waals surface area contributed by atoms with Gasteiger partial charge in [-0.3, -0.25) is 0 Å². The van der Waals surface area contributed by atoms with E-state index in [0.29, 0.717) is 18.7 Å². The highest BCUT2D eigenvalue weighted by molar-refractivity contribution is 7.89. The van der Waals surface area contributed by atoms with Gasteiger partial charge in [0, 0.05) is 13.2 Å². The molecule has 1 unspecified atom stereocenters. The average molecular weight is 313 g/mol. The number of nitrogens with one attached hydrogen (secondary N) is 1. The van der Waals surface area contributed by atoms with Gasteiger partial charge >= 0.3 is 5.97 Å². The van der Waals surface area contributed by atoms with Gasteiger partial charge in [-0.1, -0.05) is 6.92 Å². The molecule has 0 saturated carbocycles. The highest BCUT2D eigenvalue weighted by Crippen LogP contribution is 2.14. The van der Waals surface area contributed by atoms with E-state index in [9.17, 15) is 13.2 Å². The molecule has 1 fully saturated rings. The molecule has 2 rings (SSSR count). The summed E-state index contributed by atoms with van der Waals surface area (Å²) in [7, 11) is -3.50. The Morgan fingerprint density at radius 1 is 1.38 bits per heavy atom. The van der Waals surface area contributed by atoms with E-state index in [2.05, 4.69) is 4.72 Å². The van der Waals surface area contributed by atoms with Crippen LogP contribution in [0.15, 0.2) is 29.2 Å². The third-order valence-electron chi connectivity index (χ3n) is 3.16. The second kappa shape index (κ2) is 7.02. The monoisotopic (exact) mass is 313 g/mol. The number of benzene rings is 1. The Labute approximate surface area is 124 Å². The van der Waals surface area contributed by atoms with Crippen LogP contribution >= 0.6 is 0 Å². The maximum absolute atomic E-state index is 11.8. The first-order chi connectivity index (χ1) is 10.0. The molecule has 0 aliphatic carbocycles. The molecule has 1 heterocycles. The van der Waals surface area contributed by atoms with E-state index in [1.165, 1.54) is 24.3 Å². The van der Waals surface area contributed by atoms with Crippen LogP contribution in [-0.2, 0) is 19.5 Å². The topological polar surface area (TPSA) is 81.7 Å². The summed E-state index contributed by atoms with van der Waals surface area (Å²) in [5.74, 6) is -0.474. The standard InChI is InChI=1S/C14H19NO5S/c1-2-15-21(17,18)13-7-5-11(6-8-13)14(16)20-10-12-4-3-9-19-12/h5-8,12,15H,2-4,9-10H2,1H3. The first-order valence-corrected chi connectivity index (χ1v) is 8.39. The Kier molecular flexibility index (Phi) is 5.33. The molecule has 1 aliphatic heterocycles. The lowest BCUT2D eigenvalue weighted by molar-refractivity contribution is 0.0161. The van der Waals surface area contributed by atoms with E-state index < -0.39 is 16.0 Å². The lowest BCUT2D eigenvalue weighted by atomic mass is 10.2. The summed E-state index contributed by atoms with van der Waals surface area (Å²) in [5, 5.41) is 0. The van der Waals surface area contributed by atoms with E-state index in [1.807, 2.05) is 0 Å². The maximum Gasteiger partial charge on any atom is 0.338 e. The van der Waals surface area contributed by atoms with E-state index in [1.54, 1.807) is 6.92 Å². The maximum atomic E-state index is 11.8. The van der Waals surface area contributed by atoms with Crippen LogP contribution in [0, 0.1) is 0 Å². The van der Waals surface area contributed by atoms with Crippen LogP contribution in [0.3, 0.4) is 0 Å².